The van der Waals surface area contributed by atoms with Crippen LogP contribution in [0.3, 0.4) is 0 Å². The van der Waals surface area contributed by atoms with E-state index in [9.17, 15) is 31.1 Å². The van der Waals surface area contributed by atoms with Crippen molar-refractivity contribution >= 4 is 22.4 Å². The molecular formula is C17H10F6N2O2S. The van der Waals surface area contributed by atoms with Crippen molar-refractivity contribution in [2.24, 2.45) is 0 Å². The molecule has 2 heterocycles. The Morgan fingerprint density at radius 2 is 1.71 bits per heavy atom. The first kappa shape index (κ1) is 19.9. The molecule has 11 heteroatoms. The lowest BCUT2D eigenvalue weighted by Gasteiger charge is -2.13. The third kappa shape index (κ3) is 4.71. The number of hydrogen-bond donors (Lipinski definition) is 1. The molecule has 0 unspecified atom stereocenters. The maximum atomic E-state index is 12.9. The zero-order valence-electron chi connectivity index (χ0n) is 13.7. The Labute approximate surface area is 157 Å². The summed E-state index contributed by atoms with van der Waals surface area (Å²) >= 11 is 0.933. The largest absolute Gasteiger partial charge is 0.459 e. The molecule has 0 saturated carbocycles. The third-order valence-electron chi connectivity index (χ3n) is 3.54. The first-order chi connectivity index (χ1) is 13.0. The van der Waals surface area contributed by atoms with Gasteiger partial charge in [0.15, 0.2) is 10.9 Å². The molecule has 4 nitrogen and oxygen atoms in total. The zero-order valence-corrected chi connectivity index (χ0v) is 14.5. The average molecular weight is 420 g/mol. The Bertz CT molecular complexity index is 944. The average Bonchev–Trinajstić information content (AvgIpc) is 3.25. The highest BCUT2D eigenvalue weighted by Gasteiger charge is 2.36. The van der Waals surface area contributed by atoms with Crippen molar-refractivity contribution in [3.8, 4) is 0 Å². The quantitative estimate of drug-likeness (QED) is 0.558. The van der Waals surface area contributed by atoms with Gasteiger partial charge >= 0.3 is 12.4 Å². The number of anilines is 1. The summed E-state index contributed by atoms with van der Waals surface area (Å²) in [6.45, 7) is 0. The Morgan fingerprint density at radius 3 is 2.25 bits per heavy atom. The molecule has 1 aromatic carbocycles. The van der Waals surface area contributed by atoms with Crippen LogP contribution >= 0.6 is 11.3 Å². The number of amides is 1. The van der Waals surface area contributed by atoms with Gasteiger partial charge in [-0.2, -0.15) is 26.3 Å². The molecule has 1 amide bonds. The second kappa shape index (κ2) is 7.30. The van der Waals surface area contributed by atoms with E-state index in [2.05, 4.69) is 10.3 Å². The number of furan rings is 1. The van der Waals surface area contributed by atoms with Crippen LogP contribution in [0, 0.1) is 0 Å². The number of aromatic nitrogens is 1. The molecule has 0 spiro atoms. The van der Waals surface area contributed by atoms with Crippen molar-refractivity contribution in [2.75, 3.05) is 5.32 Å². The number of benzene rings is 1. The molecule has 0 bridgehead atoms. The van der Waals surface area contributed by atoms with E-state index in [4.69, 9.17) is 4.42 Å². The Balaban J connectivity index is 1.82. The van der Waals surface area contributed by atoms with Gasteiger partial charge in [-0.25, -0.2) is 4.98 Å². The Morgan fingerprint density at radius 1 is 1.07 bits per heavy atom. The number of alkyl halides is 6. The van der Waals surface area contributed by atoms with Gasteiger partial charge in [0, 0.05) is 17.5 Å². The van der Waals surface area contributed by atoms with Gasteiger partial charge in [0.25, 0.3) is 5.91 Å². The van der Waals surface area contributed by atoms with Gasteiger partial charge in [0.1, 0.15) is 0 Å². The van der Waals surface area contributed by atoms with E-state index in [1.54, 1.807) is 0 Å². The van der Waals surface area contributed by atoms with Gasteiger partial charge in [0.2, 0.25) is 0 Å². The number of halogens is 6. The maximum absolute atomic E-state index is 12.9. The molecule has 0 atom stereocenters. The van der Waals surface area contributed by atoms with Crippen molar-refractivity contribution < 1.29 is 35.6 Å². The van der Waals surface area contributed by atoms with E-state index in [-0.39, 0.29) is 28.9 Å². The smallest absolute Gasteiger partial charge is 0.416 e. The fourth-order valence-electron chi connectivity index (χ4n) is 2.34. The third-order valence-corrected chi connectivity index (χ3v) is 4.46. The molecule has 0 aliphatic rings. The summed E-state index contributed by atoms with van der Waals surface area (Å²) in [7, 11) is 0. The zero-order chi connectivity index (χ0) is 20.5. The summed E-state index contributed by atoms with van der Waals surface area (Å²) < 4.78 is 82.5. The predicted octanol–water partition coefficient (Wildman–Crippen LogP) is 5.62. The fraction of sp³-hybridized carbons (Fsp3) is 0.176. The van der Waals surface area contributed by atoms with Crippen molar-refractivity contribution in [1.29, 1.82) is 0 Å². The summed E-state index contributed by atoms with van der Waals surface area (Å²) in [4.78, 5) is 16.1. The summed E-state index contributed by atoms with van der Waals surface area (Å²) in [5.74, 6) is -0.547. The number of hydrogen-bond acceptors (Lipinski definition) is 4. The van der Waals surface area contributed by atoms with Crippen LogP contribution in [0.2, 0.25) is 0 Å². The van der Waals surface area contributed by atoms with Crippen LogP contribution in [0.25, 0.3) is 0 Å². The number of thiazole rings is 1. The topological polar surface area (TPSA) is 55.1 Å². The van der Waals surface area contributed by atoms with Crippen LogP contribution in [0.5, 0.6) is 0 Å². The first-order valence-corrected chi connectivity index (χ1v) is 8.42. The van der Waals surface area contributed by atoms with Gasteiger partial charge in [-0.15, -0.1) is 11.3 Å². The minimum Gasteiger partial charge on any atom is -0.459 e. The number of carbonyl (C=O) groups excluding carboxylic acids is 1. The van der Waals surface area contributed by atoms with Gasteiger partial charge in [-0.1, -0.05) is 0 Å². The molecular weight excluding hydrogens is 410 g/mol. The van der Waals surface area contributed by atoms with E-state index in [0.717, 1.165) is 11.3 Å². The van der Waals surface area contributed by atoms with E-state index in [1.165, 1.54) is 24.6 Å². The minimum atomic E-state index is -4.91. The number of rotatable bonds is 4. The Kier molecular flexibility index (Phi) is 5.20. The molecule has 2 aromatic heterocycles. The molecule has 0 aliphatic carbocycles. The molecule has 3 aromatic rings. The summed E-state index contributed by atoms with van der Waals surface area (Å²) in [6.07, 6.45) is -7.46. The van der Waals surface area contributed by atoms with Crippen LogP contribution in [0.15, 0.2) is 47.2 Å². The van der Waals surface area contributed by atoms with Crippen molar-refractivity contribution in [1.82, 2.24) is 4.98 Å². The highest BCUT2D eigenvalue weighted by molar-refractivity contribution is 7.15. The molecule has 0 saturated heterocycles. The number of nitrogens with zero attached hydrogens (tertiary/aromatic N) is 1. The molecule has 1 N–H and O–H groups in total. The van der Waals surface area contributed by atoms with Crippen LogP contribution in [-0.4, -0.2) is 10.9 Å². The standard InChI is InChI=1S/C17H10F6N2O2S/c18-16(19,20)10-4-9(5-11(7-10)17(21,22)23)6-12-8-24-15(28-12)25-14(26)13-2-1-3-27-13/h1-5,7-8H,6H2,(H,24,25,26). The lowest BCUT2D eigenvalue weighted by molar-refractivity contribution is -0.143. The maximum Gasteiger partial charge on any atom is 0.416 e. The SMILES string of the molecule is O=C(Nc1ncc(Cc2cc(C(F)(F)F)cc(C(F)(F)F)c2)s1)c1ccco1. The monoisotopic (exact) mass is 420 g/mol. The second-order valence-corrected chi connectivity index (χ2v) is 6.77. The first-order valence-electron chi connectivity index (χ1n) is 7.60. The fourth-order valence-corrected chi connectivity index (χ4v) is 3.18. The second-order valence-electron chi connectivity index (χ2n) is 5.65. The number of nitrogens with one attached hydrogen (secondary N) is 1. The summed E-state index contributed by atoms with van der Waals surface area (Å²) in [6, 6.07) is 4.33. The molecule has 148 valence electrons. The van der Waals surface area contributed by atoms with Crippen molar-refractivity contribution in [3.63, 3.8) is 0 Å². The lowest BCUT2D eigenvalue weighted by atomic mass is 10.0. The van der Waals surface area contributed by atoms with Gasteiger partial charge in [-0.05, 0) is 35.9 Å². The molecule has 28 heavy (non-hydrogen) atoms. The van der Waals surface area contributed by atoms with E-state index in [0.29, 0.717) is 17.0 Å². The number of carbonyl (C=O) groups is 1. The van der Waals surface area contributed by atoms with Gasteiger partial charge < -0.3 is 4.42 Å². The molecule has 0 radical (unpaired) electrons. The van der Waals surface area contributed by atoms with Crippen LogP contribution in [0.4, 0.5) is 31.5 Å². The molecule has 3 rings (SSSR count). The summed E-state index contributed by atoms with van der Waals surface area (Å²) in [5, 5.41) is 2.57. The predicted molar refractivity (Wildman–Crippen MR) is 88.0 cm³/mol. The van der Waals surface area contributed by atoms with Crippen molar-refractivity contribution in [2.45, 2.75) is 18.8 Å². The molecule has 0 fully saturated rings. The normalized spacial score (nSPS) is 12.2. The highest BCUT2D eigenvalue weighted by atomic mass is 32.1. The summed E-state index contributed by atoms with van der Waals surface area (Å²) in [5.41, 5.74) is -2.93. The van der Waals surface area contributed by atoms with Crippen molar-refractivity contribution in [3.05, 3.63) is 70.1 Å². The minimum absolute atomic E-state index is 0.0319. The van der Waals surface area contributed by atoms with Gasteiger partial charge in [0.05, 0.1) is 17.4 Å². The van der Waals surface area contributed by atoms with Gasteiger partial charge in [-0.3, -0.25) is 10.1 Å². The van der Waals surface area contributed by atoms with E-state index in [1.807, 2.05) is 0 Å². The van der Waals surface area contributed by atoms with Crippen LogP contribution in [0.1, 0.15) is 32.1 Å². The van der Waals surface area contributed by atoms with Crippen LogP contribution in [-0.2, 0) is 18.8 Å². The van der Waals surface area contributed by atoms with E-state index < -0.39 is 29.4 Å². The van der Waals surface area contributed by atoms with E-state index >= 15 is 0 Å². The highest BCUT2D eigenvalue weighted by Crippen LogP contribution is 2.37. The van der Waals surface area contributed by atoms with Crippen LogP contribution < -0.4 is 5.32 Å². The molecule has 0 aliphatic heterocycles. The lowest BCUT2D eigenvalue weighted by Crippen LogP contribution is -2.11. The Hall–Kier alpha value is -2.82.